The van der Waals surface area contributed by atoms with E-state index in [0.717, 1.165) is 98.7 Å². The zero-order valence-electron chi connectivity index (χ0n) is 66.4. The third kappa shape index (κ3) is 49.5. The number of nitrogens with one attached hydrogen (secondary N) is 5. The Kier molecular flexibility index (Phi) is 43.7. The van der Waals surface area contributed by atoms with Gasteiger partial charge in [-0.3, -0.25) is 36.6 Å². The normalized spacial score (nSPS) is 11.4. The Morgan fingerprint density at radius 3 is 0.870 bits per heavy atom. The Morgan fingerprint density at radius 2 is 0.630 bits per heavy atom. The van der Waals surface area contributed by atoms with Gasteiger partial charge in [0.05, 0.1) is 26.4 Å². The molecule has 0 unspecified atom stereocenters. The van der Waals surface area contributed by atoms with Crippen LogP contribution >= 0.6 is 24.8 Å². The Bertz CT molecular complexity index is 3280. The molecule has 28 nitrogen and oxygen atoms in total. The van der Waals surface area contributed by atoms with Crippen LogP contribution in [0.2, 0.25) is 0 Å². The van der Waals surface area contributed by atoms with Crippen molar-refractivity contribution in [3.63, 3.8) is 0 Å². The van der Waals surface area contributed by atoms with Crippen molar-refractivity contribution in [3.05, 3.63) is 138 Å². The molecule has 0 bridgehead atoms. The molecule has 5 aromatic rings. The van der Waals surface area contributed by atoms with E-state index in [1.165, 1.54) is 28.2 Å². The fourth-order valence-corrected chi connectivity index (χ4v) is 8.58. The standard InChI is InChI=1S/C43H66N6O10.C21H30N2O2.C14H22N4O4.2ClH/c1-40(2,3)56-36(50)46-34(47-37(51)57-41(4,5)6)44-26-24-30-16-20-32(21-17-30)54-28-14-13-15-29-55-33-22-18-31(19-23-33)25-27-45-35(48-38(52)58-42(7,8)9)49-39(53)59-43(10,11)12;22-14-12-18-4-8-20(9-5-18)24-16-2-1-3-17-25-21-10-6-19(7-11-21)13-15-23;1-13(2,3)21-11(19)16-10(18-9-7-8-15-18)17-12(20)22-14(4,5)6;;/h16-23H,13-15,24-29H2,1-12H3,(H2,44,46,47,50,51)(H2,45,48,49,52,53);4-11H,1-3,12-17,22-23H2;7-9H,1-6H3,(H,16,17,19,20);2*1H. The first-order valence-electron chi connectivity index (χ1n) is 35.8. The minimum absolute atomic E-state index is 0. The van der Waals surface area contributed by atoms with E-state index in [2.05, 4.69) is 70.9 Å². The number of unbranched alkanes of at least 4 members (excludes halogenated alkanes) is 4. The number of hydrogen-bond donors (Lipinski definition) is 7. The van der Waals surface area contributed by atoms with E-state index in [1.54, 1.807) is 131 Å². The second-order valence-corrected chi connectivity index (χ2v) is 30.1. The minimum Gasteiger partial charge on any atom is -0.494 e. The molecule has 602 valence electrons. The smallest absolute Gasteiger partial charge is 0.437 e. The Labute approximate surface area is 650 Å². The summed E-state index contributed by atoms with van der Waals surface area (Å²) < 4.78 is 55.9. The number of amides is 6. The van der Waals surface area contributed by atoms with E-state index in [0.29, 0.717) is 39.1 Å². The summed E-state index contributed by atoms with van der Waals surface area (Å²) in [5.41, 5.74) is 11.3. The maximum absolute atomic E-state index is 12.3. The van der Waals surface area contributed by atoms with Crippen molar-refractivity contribution in [2.45, 2.75) is 222 Å². The van der Waals surface area contributed by atoms with Crippen LogP contribution in [0.1, 0.15) is 185 Å². The molecular formula is C78H120Cl2N12O16. The number of ether oxygens (including phenoxy) is 10. The van der Waals surface area contributed by atoms with Crippen molar-refractivity contribution in [1.82, 2.24) is 36.4 Å². The monoisotopic (exact) mass is 1550 g/mol. The maximum Gasteiger partial charge on any atom is 0.437 e. The second-order valence-electron chi connectivity index (χ2n) is 30.1. The van der Waals surface area contributed by atoms with Gasteiger partial charge in [0.1, 0.15) is 56.6 Å². The van der Waals surface area contributed by atoms with E-state index in [4.69, 9.17) is 58.8 Å². The molecule has 0 fully saturated rings. The summed E-state index contributed by atoms with van der Waals surface area (Å²) in [6.45, 7) is 35.8. The van der Waals surface area contributed by atoms with Gasteiger partial charge in [-0.05, 0) is 279 Å². The van der Waals surface area contributed by atoms with Crippen molar-refractivity contribution in [2.75, 3.05) is 52.6 Å². The van der Waals surface area contributed by atoms with Crippen LogP contribution in [-0.4, -0.2) is 150 Å². The second kappa shape index (κ2) is 48.8. The van der Waals surface area contributed by atoms with Crippen LogP contribution in [0.5, 0.6) is 23.0 Å². The molecule has 9 N–H and O–H groups in total. The lowest BCUT2D eigenvalue weighted by molar-refractivity contribution is 0.0521. The predicted molar refractivity (Wildman–Crippen MR) is 426 cm³/mol. The molecule has 1 aromatic heterocycles. The number of carbonyl (C=O) groups is 6. The molecule has 108 heavy (non-hydrogen) atoms. The van der Waals surface area contributed by atoms with Crippen molar-refractivity contribution >= 4 is 79.3 Å². The van der Waals surface area contributed by atoms with Crippen LogP contribution in [0.3, 0.4) is 0 Å². The van der Waals surface area contributed by atoms with Crippen molar-refractivity contribution < 1.29 is 76.1 Å². The molecule has 0 atom stereocenters. The van der Waals surface area contributed by atoms with Crippen LogP contribution in [0.25, 0.3) is 0 Å². The Hall–Kier alpha value is -9.38. The molecule has 0 aliphatic rings. The van der Waals surface area contributed by atoms with Crippen LogP contribution in [0.15, 0.2) is 130 Å². The number of nitrogens with zero attached hydrogens (tertiary/aromatic N) is 5. The van der Waals surface area contributed by atoms with Gasteiger partial charge in [-0.2, -0.15) is 5.10 Å². The lowest BCUT2D eigenvalue weighted by atomic mass is 10.1. The van der Waals surface area contributed by atoms with Gasteiger partial charge in [-0.1, -0.05) is 48.5 Å². The molecule has 0 saturated carbocycles. The molecule has 5 rings (SSSR count). The number of aromatic nitrogens is 2. The molecule has 0 aliphatic carbocycles. The number of aliphatic imine (C=N–C) groups is 3. The van der Waals surface area contributed by atoms with Gasteiger partial charge >= 0.3 is 36.6 Å². The molecule has 0 spiro atoms. The number of carbonyl (C=O) groups excluding carboxylic acids is 6. The molecule has 4 aromatic carbocycles. The highest BCUT2D eigenvalue weighted by molar-refractivity contribution is 6.02. The van der Waals surface area contributed by atoms with Gasteiger partial charge in [0.25, 0.3) is 0 Å². The van der Waals surface area contributed by atoms with Crippen molar-refractivity contribution in [3.8, 4) is 23.0 Å². The average molecular weight is 1550 g/mol. The number of rotatable bonds is 26. The zero-order valence-corrected chi connectivity index (χ0v) is 68.1. The van der Waals surface area contributed by atoms with Crippen LogP contribution in [0.4, 0.5) is 28.8 Å². The molecular weight excluding hydrogens is 1430 g/mol. The fraction of sp³-hybridized carbons (Fsp3) is 0.538. The highest BCUT2D eigenvalue weighted by Gasteiger charge is 2.25. The first-order valence-corrected chi connectivity index (χ1v) is 35.8. The summed E-state index contributed by atoms with van der Waals surface area (Å²) in [5, 5.41) is 16.2. The maximum atomic E-state index is 12.3. The predicted octanol–water partition coefficient (Wildman–Crippen LogP) is 14.9. The topological polar surface area (TPSA) is 362 Å². The molecule has 6 amide bonds. The van der Waals surface area contributed by atoms with Crippen LogP contribution in [-0.2, 0) is 54.1 Å². The number of halogens is 2. The molecule has 1 heterocycles. The summed E-state index contributed by atoms with van der Waals surface area (Å²) in [6.07, 6.45) is 7.21. The number of guanidine groups is 2. The summed E-state index contributed by atoms with van der Waals surface area (Å²) >= 11 is 0. The van der Waals surface area contributed by atoms with Gasteiger partial charge in [0.15, 0.2) is 0 Å². The van der Waals surface area contributed by atoms with E-state index >= 15 is 0 Å². The lowest BCUT2D eigenvalue weighted by Crippen LogP contribution is -2.47. The van der Waals surface area contributed by atoms with E-state index in [9.17, 15) is 28.8 Å². The number of alkyl carbamates (subject to hydrolysis) is 5. The van der Waals surface area contributed by atoms with E-state index < -0.39 is 70.2 Å². The minimum atomic E-state index is -0.839. The molecule has 0 radical (unpaired) electrons. The van der Waals surface area contributed by atoms with Crippen molar-refractivity contribution in [2.24, 2.45) is 26.4 Å². The fourth-order valence-electron chi connectivity index (χ4n) is 8.58. The summed E-state index contributed by atoms with van der Waals surface area (Å²) in [6, 6.07) is 33.4. The molecule has 0 aliphatic heterocycles. The summed E-state index contributed by atoms with van der Waals surface area (Å²) in [7, 11) is 0. The molecule has 30 heteroatoms. The van der Waals surface area contributed by atoms with Gasteiger partial charge in [0.2, 0.25) is 17.9 Å². The highest BCUT2D eigenvalue weighted by Crippen LogP contribution is 2.19. The van der Waals surface area contributed by atoms with E-state index in [-0.39, 0.29) is 55.8 Å². The van der Waals surface area contributed by atoms with Gasteiger partial charge in [0, 0.05) is 25.5 Å². The quantitative estimate of drug-likeness (QED) is 0.0117. The summed E-state index contributed by atoms with van der Waals surface area (Å²) in [5.74, 6) is 3.14. The number of nitrogens with two attached hydrogens (primary N) is 2. The third-order valence-corrected chi connectivity index (χ3v) is 13.0. The number of benzene rings is 4. The summed E-state index contributed by atoms with van der Waals surface area (Å²) in [4.78, 5) is 85.3. The third-order valence-electron chi connectivity index (χ3n) is 13.0. The Balaban J connectivity index is 0.000000969. The van der Waals surface area contributed by atoms with E-state index in [1.807, 2.05) is 72.8 Å². The SMILES string of the molecule is CC(C)(C)OC(=O)N=C(NC(=O)OC(C)(C)C)n1cccn1.CC(C)(C)OC(=O)NC(=NCCc1ccc(OCCCCCOc2ccc(CCN=C(NC(=O)OC(C)(C)C)NC(=O)OC(C)(C)C)cc2)cc1)NC(=O)OC(C)(C)C.Cl.Cl.NCCc1ccc(OCCCCCOc2ccc(CCN)cc2)cc1. The first kappa shape index (κ1) is 96.6. The van der Waals surface area contributed by atoms with Crippen molar-refractivity contribution in [1.29, 1.82) is 0 Å². The van der Waals surface area contributed by atoms with Gasteiger partial charge < -0.3 is 58.8 Å². The van der Waals surface area contributed by atoms with Crippen LogP contribution in [0, 0.1) is 0 Å². The van der Waals surface area contributed by atoms with Gasteiger partial charge in [-0.25, -0.2) is 33.4 Å². The highest BCUT2D eigenvalue weighted by atomic mass is 35.5. The average Bonchev–Trinajstić information content (AvgIpc) is 1.09. The molecule has 0 saturated heterocycles. The lowest BCUT2D eigenvalue weighted by Gasteiger charge is -2.22. The van der Waals surface area contributed by atoms with Crippen LogP contribution < -0.4 is 57.0 Å². The number of hydrogen-bond acceptors (Lipinski definition) is 21. The first-order chi connectivity index (χ1) is 49.6. The largest absolute Gasteiger partial charge is 0.494 e. The Morgan fingerprint density at radius 1 is 0.370 bits per heavy atom. The van der Waals surface area contributed by atoms with Gasteiger partial charge in [-0.15, -0.1) is 29.8 Å². The zero-order chi connectivity index (χ0) is 79.0.